The van der Waals surface area contributed by atoms with E-state index >= 15 is 0 Å². The first-order valence-corrected chi connectivity index (χ1v) is 6.12. The third-order valence-corrected chi connectivity index (χ3v) is 3.56. The molecular weight excluding hydrogens is 208 g/mol. The zero-order chi connectivity index (χ0) is 11.3. The van der Waals surface area contributed by atoms with Crippen LogP contribution in [0.15, 0.2) is 6.20 Å². The topological polar surface area (TPSA) is 34.1 Å². The van der Waals surface area contributed by atoms with Gasteiger partial charge in [0, 0.05) is 30.8 Å². The van der Waals surface area contributed by atoms with Gasteiger partial charge in [0.2, 0.25) is 0 Å². The van der Waals surface area contributed by atoms with Gasteiger partial charge in [-0.3, -0.25) is 0 Å². The van der Waals surface area contributed by atoms with Crippen molar-refractivity contribution in [1.29, 1.82) is 0 Å². The molecule has 0 radical (unpaired) electrons. The Hall–Kier alpha value is -0.450. The van der Waals surface area contributed by atoms with E-state index in [1.807, 2.05) is 13.1 Å². The number of hydrogen-bond donors (Lipinski definition) is 1. The summed E-state index contributed by atoms with van der Waals surface area (Å²) in [5, 5.41) is 4.59. The van der Waals surface area contributed by atoms with Gasteiger partial charge in [-0.25, -0.2) is 4.98 Å². The quantitative estimate of drug-likeness (QED) is 0.808. The van der Waals surface area contributed by atoms with Gasteiger partial charge in [0.15, 0.2) is 0 Å². The fraction of sp³-hybridized carbons (Fsp3) is 0.727. The molecule has 86 valence electrons. The minimum absolute atomic E-state index is 0.258. The van der Waals surface area contributed by atoms with Gasteiger partial charge in [-0.2, -0.15) is 0 Å². The number of ether oxygens (including phenoxy) is 1. The molecule has 0 fully saturated rings. The van der Waals surface area contributed by atoms with Crippen LogP contribution in [0.5, 0.6) is 0 Å². The van der Waals surface area contributed by atoms with Crippen molar-refractivity contribution in [2.24, 2.45) is 0 Å². The van der Waals surface area contributed by atoms with Crippen LogP contribution in [0, 0.1) is 6.92 Å². The second-order valence-electron chi connectivity index (χ2n) is 3.78. The first-order valence-electron chi connectivity index (χ1n) is 5.31. The Morgan fingerprint density at radius 2 is 2.27 bits per heavy atom. The van der Waals surface area contributed by atoms with Crippen LogP contribution in [0.3, 0.4) is 0 Å². The summed E-state index contributed by atoms with van der Waals surface area (Å²) in [5.41, 5.74) is 0. The lowest BCUT2D eigenvalue weighted by Gasteiger charge is -2.19. The zero-order valence-electron chi connectivity index (χ0n) is 9.91. The smallest absolute Gasteiger partial charge is 0.0896 e. The Morgan fingerprint density at radius 3 is 2.80 bits per heavy atom. The molecule has 3 nitrogen and oxygen atoms in total. The molecule has 0 amide bonds. The van der Waals surface area contributed by atoms with E-state index < -0.39 is 0 Å². The molecular formula is C11H20N2OS. The third kappa shape index (κ3) is 4.28. The summed E-state index contributed by atoms with van der Waals surface area (Å²) in [6, 6.07) is 0.393. The molecule has 0 aromatic carbocycles. The van der Waals surface area contributed by atoms with Gasteiger partial charge in [-0.15, -0.1) is 11.3 Å². The second-order valence-corrected chi connectivity index (χ2v) is 5.10. The molecule has 2 unspecified atom stereocenters. The summed E-state index contributed by atoms with van der Waals surface area (Å²) >= 11 is 1.77. The van der Waals surface area contributed by atoms with Crippen LogP contribution in [-0.2, 0) is 11.2 Å². The SMILES string of the molecule is COC(C)C(C)NCCc1cnc(C)s1. The van der Waals surface area contributed by atoms with Crippen LogP contribution in [0.2, 0.25) is 0 Å². The van der Waals surface area contributed by atoms with Crippen LogP contribution >= 0.6 is 11.3 Å². The van der Waals surface area contributed by atoms with E-state index in [1.54, 1.807) is 18.4 Å². The Kier molecular flexibility index (Phi) is 5.22. The Labute approximate surface area is 95.9 Å². The van der Waals surface area contributed by atoms with Crippen molar-refractivity contribution in [3.8, 4) is 0 Å². The van der Waals surface area contributed by atoms with Crippen molar-refractivity contribution in [2.45, 2.75) is 39.3 Å². The molecule has 2 atom stereocenters. The Bertz CT molecular complexity index is 288. The summed E-state index contributed by atoms with van der Waals surface area (Å²) in [7, 11) is 1.75. The number of hydrogen-bond acceptors (Lipinski definition) is 4. The fourth-order valence-electron chi connectivity index (χ4n) is 1.31. The molecule has 1 aromatic heterocycles. The molecule has 1 heterocycles. The van der Waals surface area contributed by atoms with Gasteiger partial charge in [0.25, 0.3) is 0 Å². The highest BCUT2D eigenvalue weighted by molar-refractivity contribution is 7.11. The van der Waals surface area contributed by atoms with Crippen LogP contribution < -0.4 is 5.32 Å². The lowest BCUT2D eigenvalue weighted by atomic mass is 10.2. The molecule has 0 saturated heterocycles. The maximum Gasteiger partial charge on any atom is 0.0896 e. The summed E-state index contributed by atoms with van der Waals surface area (Å²) in [5.74, 6) is 0. The van der Waals surface area contributed by atoms with E-state index in [0.29, 0.717) is 6.04 Å². The number of nitrogens with zero attached hydrogens (tertiary/aromatic N) is 1. The average molecular weight is 228 g/mol. The normalized spacial score (nSPS) is 15.2. The molecule has 0 bridgehead atoms. The maximum atomic E-state index is 5.25. The number of aromatic nitrogens is 1. The molecule has 15 heavy (non-hydrogen) atoms. The van der Waals surface area contributed by atoms with Gasteiger partial charge < -0.3 is 10.1 Å². The lowest BCUT2D eigenvalue weighted by Crippen LogP contribution is -2.37. The largest absolute Gasteiger partial charge is 0.380 e. The van der Waals surface area contributed by atoms with Gasteiger partial charge >= 0.3 is 0 Å². The van der Waals surface area contributed by atoms with Crippen LogP contribution in [0.25, 0.3) is 0 Å². The van der Waals surface area contributed by atoms with E-state index in [2.05, 4.69) is 24.1 Å². The summed E-state index contributed by atoms with van der Waals surface area (Å²) in [6.45, 7) is 7.24. The lowest BCUT2D eigenvalue weighted by molar-refractivity contribution is 0.0890. The number of methoxy groups -OCH3 is 1. The van der Waals surface area contributed by atoms with Gasteiger partial charge in [-0.05, 0) is 27.2 Å². The highest BCUT2D eigenvalue weighted by atomic mass is 32.1. The zero-order valence-corrected chi connectivity index (χ0v) is 10.7. The molecule has 1 aromatic rings. The van der Waals surface area contributed by atoms with E-state index in [0.717, 1.165) is 18.0 Å². The first-order chi connectivity index (χ1) is 7.13. The van der Waals surface area contributed by atoms with Gasteiger partial charge in [-0.1, -0.05) is 0 Å². The third-order valence-electron chi connectivity index (χ3n) is 2.58. The van der Waals surface area contributed by atoms with Crippen molar-refractivity contribution < 1.29 is 4.74 Å². The highest BCUT2D eigenvalue weighted by Gasteiger charge is 2.09. The molecule has 1 rings (SSSR count). The van der Waals surface area contributed by atoms with E-state index in [4.69, 9.17) is 4.74 Å². The van der Waals surface area contributed by atoms with Crippen molar-refractivity contribution in [2.75, 3.05) is 13.7 Å². The number of thiazole rings is 1. The van der Waals surface area contributed by atoms with Crippen LogP contribution in [0.1, 0.15) is 23.7 Å². The minimum Gasteiger partial charge on any atom is -0.380 e. The summed E-state index contributed by atoms with van der Waals surface area (Å²) in [4.78, 5) is 5.58. The van der Waals surface area contributed by atoms with E-state index in [1.165, 1.54) is 4.88 Å². The molecule has 1 N–H and O–H groups in total. The van der Waals surface area contributed by atoms with Gasteiger partial charge in [0.1, 0.15) is 0 Å². The highest BCUT2D eigenvalue weighted by Crippen LogP contribution is 2.11. The van der Waals surface area contributed by atoms with E-state index in [9.17, 15) is 0 Å². The van der Waals surface area contributed by atoms with Crippen molar-refractivity contribution in [1.82, 2.24) is 10.3 Å². The van der Waals surface area contributed by atoms with Crippen molar-refractivity contribution >= 4 is 11.3 Å². The van der Waals surface area contributed by atoms with Gasteiger partial charge in [0.05, 0.1) is 11.1 Å². The predicted octanol–water partition coefficient (Wildman–Crippen LogP) is 2.01. The maximum absolute atomic E-state index is 5.25. The summed E-state index contributed by atoms with van der Waals surface area (Å²) in [6.07, 6.45) is 3.27. The first kappa shape index (κ1) is 12.6. The van der Waals surface area contributed by atoms with Crippen molar-refractivity contribution in [3.63, 3.8) is 0 Å². The monoisotopic (exact) mass is 228 g/mol. The molecule has 4 heteroatoms. The minimum atomic E-state index is 0.258. The summed E-state index contributed by atoms with van der Waals surface area (Å²) < 4.78 is 5.25. The molecule has 0 aliphatic heterocycles. The van der Waals surface area contributed by atoms with Crippen LogP contribution in [-0.4, -0.2) is 30.8 Å². The molecule has 0 aliphatic carbocycles. The average Bonchev–Trinajstić information content (AvgIpc) is 2.63. The second kappa shape index (κ2) is 6.20. The molecule has 0 spiro atoms. The molecule has 0 saturated carbocycles. The number of nitrogens with one attached hydrogen (secondary N) is 1. The predicted molar refractivity (Wildman–Crippen MR) is 64.5 cm³/mol. The van der Waals surface area contributed by atoms with E-state index in [-0.39, 0.29) is 6.10 Å². The Balaban J connectivity index is 2.21. The number of aryl methyl sites for hydroxylation is 1. The van der Waals surface area contributed by atoms with Crippen LogP contribution in [0.4, 0.5) is 0 Å². The Morgan fingerprint density at radius 1 is 1.53 bits per heavy atom. The fourth-order valence-corrected chi connectivity index (χ4v) is 2.11. The number of rotatable bonds is 6. The molecule has 0 aliphatic rings. The standard InChI is InChI=1S/C11H20N2OS/c1-8(9(2)14-4)12-6-5-11-7-13-10(3)15-11/h7-9,12H,5-6H2,1-4H3. The van der Waals surface area contributed by atoms with Crippen molar-refractivity contribution in [3.05, 3.63) is 16.1 Å².